The molecule has 6 nitrogen and oxygen atoms in total. The number of amides is 1. The minimum atomic E-state index is 0.164. The van der Waals surface area contributed by atoms with Crippen molar-refractivity contribution in [3.8, 4) is 16.3 Å². The number of aryl methyl sites for hydroxylation is 1. The molecule has 0 saturated carbocycles. The molecule has 7 heteroatoms. The van der Waals surface area contributed by atoms with E-state index in [0.717, 1.165) is 46.5 Å². The van der Waals surface area contributed by atoms with Crippen molar-refractivity contribution in [2.75, 3.05) is 38.2 Å². The van der Waals surface area contributed by atoms with Gasteiger partial charge in [-0.3, -0.25) is 4.79 Å². The fourth-order valence-electron chi connectivity index (χ4n) is 3.40. The van der Waals surface area contributed by atoms with E-state index in [1.54, 1.807) is 18.4 Å². The molecule has 0 aliphatic carbocycles. The molecular formula is C22H24N4O2S. The molecule has 3 aromatic rings. The number of hydrogen-bond donors (Lipinski definition) is 0. The molecule has 1 amide bonds. The third-order valence-corrected chi connectivity index (χ3v) is 6.09. The van der Waals surface area contributed by atoms with E-state index in [2.05, 4.69) is 20.9 Å². The van der Waals surface area contributed by atoms with Gasteiger partial charge in [-0.1, -0.05) is 12.1 Å². The number of hydrogen-bond acceptors (Lipinski definition) is 6. The van der Waals surface area contributed by atoms with Crippen molar-refractivity contribution in [2.24, 2.45) is 0 Å². The lowest BCUT2D eigenvalue weighted by Gasteiger charge is -2.35. The van der Waals surface area contributed by atoms with Crippen LogP contribution in [0.3, 0.4) is 0 Å². The van der Waals surface area contributed by atoms with Crippen molar-refractivity contribution in [1.82, 2.24) is 14.9 Å². The molecule has 0 spiro atoms. The summed E-state index contributed by atoms with van der Waals surface area (Å²) in [5.41, 5.74) is 3.08. The smallest absolute Gasteiger partial charge is 0.227 e. The van der Waals surface area contributed by atoms with E-state index in [4.69, 9.17) is 4.74 Å². The first-order valence-electron chi connectivity index (χ1n) is 9.66. The lowest BCUT2D eigenvalue weighted by atomic mass is 10.1. The number of carbonyl (C=O) groups excluding carboxylic acids is 1. The average molecular weight is 409 g/mol. The van der Waals surface area contributed by atoms with Crippen LogP contribution in [0.1, 0.15) is 11.3 Å². The highest BCUT2D eigenvalue weighted by atomic mass is 32.1. The van der Waals surface area contributed by atoms with Crippen LogP contribution in [0.15, 0.2) is 48.0 Å². The molecule has 4 rings (SSSR count). The Morgan fingerprint density at radius 1 is 1.10 bits per heavy atom. The molecule has 1 aromatic carbocycles. The van der Waals surface area contributed by atoms with E-state index < -0.39 is 0 Å². The number of thiazole rings is 1. The largest absolute Gasteiger partial charge is 0.497 e. The van der Waals surface area contributed by atoms with Gasteiger partial charge in [-0.25, -0.2) is 9.97 Å². The molecule has 29 heavy (non-hydrogen) atoms. The van der Waals surface area contributed by atoms with Crippen LogP contribution >= 0.6 is 11.3 Å². The van der Waals surface area contributed by atoms with Crippen LogP contribution in [0, 0.1) is 6.92 Å². The summed E-state index contributed by atoms with van der Waals surface area (Å²) in [7, 11) is 1.64. The third-order valence-electron chi connectivity index (χ3n) is 5.08. The molecule has 0 bridgehead atoms. The molecule has 0 unspecified atom stereocenters. The Kier molecular flexibility index (Phi) is 5.76. The van der Waals surface area contributed by atoms with Gasteiger partial charge < -0.3 is 14.5 Å². The minimum absolute atomic E-state index is 0.164. The van der Waals surface area contributed by atoms with Gasteiger partial charge in [0.1, 0.15) is 16.6 Å². The molecule has 1 aliphatic rings. The summed E-state index contributed by atoms with van der Waals surface area (Å²) >= 11 is 1.63. The van der Waals surface area contributed by atoms with Crippen molar-refractivity contribution < 1.29 is 9.53 Å². The molecular weight excluding hydrogens is 384 g/mol. The number of ether oxygens (including phenoxy) is 1. The number of benzene rings is 1. The second-order valence-electron chi connectivity index (χ2n) is 7.09. The van der Waals surface area contributed by atoms with Crippen molar-refractivity contribution in [3.05, 3.63) is 59.2 Å². The Hall–Kier alpha value is -2.93. The van der Waals surface area contributed by atoms with Crippen LogP contribution in [0.4, 0.5) is 5.82 Å². The van der Waals surface area contributed by atoms with E-state index in [9.17, 15) is 4.79 Å². The summed E-state index contributed by atoms with van der Waals surface area (Å²) in [4.78, 5) is 25.9. The van der Waals surface area contributed by atoms with Crippen molar-refractivity contribution in [3.63, 3.8) is 0 Å². The van der Waals surface area contributed by atoms with Crippen LogP contribution in [0.5, 0.6) is 5.75 Å². The van der Waals surface area contributed by atoms with Crippen LogP contribution in [0.25, 0.3) is 10.6 Å². The predicted molar refractivity (Wildman–Crippen MR) is 116 cm³/mol. The Morgan fingerprint density at radius 2 is 1.86 bits per heavy atom. The molecule has 3 heterocycles. The second kappa shape index (κ2) is 8.61. The monoisotopic (exact) mass is 408 g/mol. The molecule has 1 saturated heterocycles. The topological polar surface area (TPSA) is 58.6 Å². The minimum Gasteiger partial charge on any atom is -0.497 e. The molecule has 0 atom stereocenters. The standard InChI is InChI=1S/C22H24N4O2S/c1-16-15-29-22(24-16)18-5-8-20(23-14-18)25-9-11-26(12-10-25)21(27)13-17-3-6-19(28-2)7-4-17/h3-8,14-15H,9-13H2,1-2H3. The number of pyridine rings is 1. The van der Waals surface area contributed by atoms with Crippen LogP contribution < -0.4 is 9.64 Å². The van der Waals surface area contributed by atoms with Crippen LogP contribution in [0.2, 0.25) is 0 Å². The lowest BCUT2D eigenvalue weighted by molar-refractivity contribution is -0.130. The zero-order valence-corrected chi connectivity index (χ0v) is 17.5. The van der Waals surface area contributed by atoms with Gasteiger partial charge in [-0.2, -0.15) is 0 Å². The summed E-state index contributed by atoms with van der Waals surface area (Å²) in [6, 6.07) is 11.8. The van der Waals surface area contributed by atoms with E-state index in [-0.39, 0.29) is 5.91 Å². The highest BCUT2D eigenvalue weighted by Crippen LogP contribution is 2.24. The number of nitrogens with zero attached hydrogens (tertiary/aromatic N) is 4. The maximum Gasteiger partial charge on any atom is 0.227 e. The number of rotatable bonds is 5. The van der Waals surface area contributed by atoms with Gasteiger partial charge in [-0.15, -0.1) is 11.3 Å². The first kappa shape index (κ1) is 19.4. The van der Waals surface area contributed by atoms with Crippen molar-refractivity contribution in [1.29, 1.82) is 0 Å². The second-order valence-corrected chi connectivity index (χ2v) is 7.95. The van der Waals surface area contributed by atoms with E-state index in [0.29, 0.717) is 19.5 Å². The first-order chi connectivity index (χ1) is 14.1. The summed E-state index contributed by atoms with van der Waals surface area (Å²) in [5.74, 6) is 1.92. The van der Waals surface area contributed by atoms with Gasteiger partial charge in [0.25, 0.3) is 0 Å². The van der Waals surface area contributed by atoms with E-state index >= 15 is 0 Å². The predicted octanol–water partition coefficient (Wildman–Crippen LogP) is 3.41. The molecule has 0 N–H and O–H groups in total. The molecule has 0 radical (unpaired) electrons. The number of anilines is 1. The highest BCUT2D eigenvalue weighted by molar-refractivity contribution is 7.13. The Bertz CT molecular complexity index is 961. The molecule has 1 aliphatic heterocycles. The fourth-order valence-corrected chi connectivity index (χ4v) is 4.19. The normalized spacial score (nSPS) is 14.1. The summed E-state index contributed by atoms with van der Waals surface area (Å²) < 4.78 is 5.17. The summed E-state index contributed by atoms with van der Waals surface area (Å²) in [6.07, 6.45) is 2.30. The zero-order chi connectivity index (χ0) is 20.2. The quantitative estimate of drug-likeness (QED) is 0.648. The Morgan fingerprint density at radius 3 is 2.45 bits per heavy atom. The third kappa shape index (κ3) is 4.56. The Balaban J connectivity index is 1.32. The van der Waals surface area contributed by atoms with Crippen LogP contribution in [-0.4, -0.2) is 54.1 Å². The zero-order valence-electron chi connectivity index (χ0n) is 16.7. The van der Waals surface area contributed by atoms with Gasteiger partial charge in [0.2, 0.25) is 5.91 Å². The number of carbonyl (C=O) groups is 1. The van der Waals surface area contributed by atoms with Crippen LogP contribution in [-0.2, 0) is 11.2 Å². The average Bonchev–Trinajstić information content (AvgIpc) is 3.21. The lowest BCUT2D eigenvalue weighted by Crippen LogP contribution is -2.49. The van der Waals surface area contributed by atoms with E-state index in [1.165, 1.54) is 0 Å². The maximum absolute atomic E-state index is 12.6. The van der Waals surface area contributed by atoms with Crippen molar-refractivity contribution in [2.45, 2.75) is 13.3 Å². The van der Waals surface area contributed by atoms with Gasteiger partial charge in [0.15, 0.2) is 0 Å². The summed E-state index contributed by atoms with van der Waals surface area (Å²) in [5, 5.41) is 3.04. The van der Waals surface area contributed by atoms with Gasteiger partial charge in [-0.05, 0) is 36.8 Å². The number of piperazine rings is 1. The van der Waals surface area contributed by atoms with Gasteiger partial charge >= 0.3 is 0 Å². The van der Waals surface area contributed by atoms with Crippen molar-refractivity contribution >= 4 is 23.1 Å². The van der Waals surface area contributed by atoms with E-state index in [1.807, 2.05) is 53.7 Å². The molecule has 2 aromatic heterocycles. The van der Waals surface area contributed by atoms with Gasteiger partial charge in [0.05, 0.1) is 13.5 Å². The molecule has 1 fully saturated rings. The SMILES string of the molecule is COc1ccc(CC(=O)N2CCN(c3ccc(-c4nc(C)cs4)cn3)CC2)cc1. The summed E-state index contributed by atoms with van der Waals surface area (Å²) in [6.45, 7) is 5.00. The highest BCUT2D eigenvalue weighted by Gasteiger charge is 2.22. The number of methoxy groups -OCH3 is 1. The number of aromatic nitrogens is 2. The maximum atomic E-state index is 12.6. The first-order valence-corrected chi connectivity index (χ1v) is 10.5. The Labute approximate surface area is 174 Å². The van der Waals surface area contributed by atoms with Gasteiger partial charge in [0, 0.05) is 49.0 Å². The fraction of sp³-hybridized carbons (Fsp3) is 0.318. The molecule has 150 valence electrons.